The Labute approximate surface area is 110 Å². The van der Waals surface area contributed by atoms with Crippen molar-refractivity contribution in [2.45, 2.75) is 6.42 Å². The van der Waals surface area contributed by atoms with Crippen molar-refractivity contribution in [2.75, 3.05) is 5.73 Å². The summed E-state index contributed by atoms with van der Waals surface area (Å²) in [5.41, 5.74) is 9.18. The summed E-state index contributed by atoms with van der Waals surface area (Å²) in [5.74, 6) is 0.260. The molecule has 3 N–H and O–H groups in total. The van der Waals surface area contributed by atoms with Crippen molar-refractivity contribution in [3.05, 3.63) is 47.9 Å². The smallest absolute Gasteiger partial charge is 0.222 e. The number of aromatic nitrogens is 4. The Morgan fingerprint density at radius 2 is 1.89 bits per heavy atom. The minimum absolute atomic E-state index is 0. The third kappa shape index (κ3) is 2.26. The van der Waals surface area contributed by atoms with Gasteiger partial charge in [-0.25, -0.2) is 9.97 Å². The van der Waals surface area contributed by atoms with E-state index in [2.05, 4.69) is 32.1 Å². The molecule has 2 aromatic heterocycles. The highest BCUT2D eigenvalue weighted by atomic mass is 35.5. The summed E-state index contributed by atoms with van der Waals surface area (Å²) in [6.45, 7) is 0. The molecule has 0 saturated carbocycles. The molecule has 0 unspecified atom stereocenters. The molecule has 0 aliphatic carbocycles. The Morgan fingerprint density at radius 3 is 2.67 bits per heavy atom. The lowest BCUT2D eigenvalue weighted by atomic mass is 10.1. The highest BCUT2D eigenvalue weighted by Gasteiger charge is 2.08. The lowest BCUT2D eigenvalue weighted by Gasteiger charge is -2.03. The highest BCUT2D eigenvalue weighted by Crippen LogP contribution is 2.16. The average molecular weight is 262 g/mol. The fourth-order valence-corrected chi connectivity index (χ4v) is 1.83. The summed E-state index contributed by atoms with van der Waals surface area (Å²) in [4.78, 5) is 15.5. The van der Waals surface area contributed by atoms with Gasteiger partial charge in [-0.2, -0.15) is 4.98 Å². The van der Waals surface area contributed by atoms with Gasteiger partial charge in [0.1, 0.15) is 5.52 Å². The maximum atomic E-state index is 5.66. The zero-order valence-electron chi connectivity index (χ0n) is 9.50. The van der Waals surface area contributed by atoms with Crippen molar-refractivity contribution in [3.63, 3.8) is 0 Å². The first kappa shape index (κ1) is 12.3. The van der Waals surface area contributed by atoms with Crippen LogP contribution in [0.2, 0.25) is 0 Å². The molecule has 92 valence electrons. The Kier molecular flexibility index (Phi) is 3.43. The van der Waals surface area contributed by atoms with Crippen LogP contribution >= 0.6 is 12.4 Å². The van der Waals surface area contributed by atoms with Gasteiger partial charge < -0.3 is 10.7 Å². The summed E-state index contributed by atoms with van der Waals surface area (Å²) >= 11 is 0. The maximum absolute atomic E-state index is 5.66. The Hall–Kier alpha value is -2.14. The van der Waals surface area contributed by atoms with Crippen LogP contribution in [0.4, 0.5) is 5.95 Å². The summed E-state index contributed by atoms with van der Waals surface area (Å²) < 4.78 is 0. The van der Waals surface area contributed by atoms with Crippen LogP contribution < -0.4 is 5.73 Å². The van der Waals surface area contributed by atoms with Gasteiger partial charge in [-0.3, -0.25) is 0 Å². The first-order valence-corrected chi connectivity index (χ1v) is 5.32. The van der Waals surface area contributed by atoms with Crippen molar-refractivity contribution in [1.29, 1.82) is 0 Å². The largest absolute Gasteiger partial charge is 0.368 e. The molecule has 0 aliphatic heterocycles. The fraction of sp³-hybridized carbons (Fsp3) is 0.0833. The third-order valence-corrected chi connectivity index (χ3v) is 2.59. The maximum Gasteiger partial charge on any atom is 0.222 e. The first-order valence-electron chi connectivity index (χ1n) is 5.32. The lowest BCUT2D eigenvalue weighted by Crippen LogP contribution is -2.01. The third-order valence-electron chi connectivity index (χ3n) is 2.59. The molecular formula is C12H12ClN5. The number of benzene rings is 1. The number of nitrogens with zero attached hydrogens (tertiary/aromatic N) is 3. The van der Waals surface area contributed by atoms with E-state index in [4.69, 9.17) is 5.73 Å². The van der Waals surface area contributed by atoms with Gasteiger partial charge in [0.05, 0.1) is 12.0 Å². The van der Waals surface area contributed by atoms with E-state index < -0.39 is 0 Å². The van der Waals surface area contributed by atoms with Crippen LogP contribution in [0.1, 0.15) is 11.3 Å². The van der Waals surface area contributed by atoms with Gasteiger partial charge >= 0.3 is 0 Å². The monoisotopic (exact) mass is 261 g/mol. The molecular weight excluding hydrogens is 250 g/mol. The number of rotatable bonds is 2. The summed E-state index contributed by atoms with van der Waals surface area (Å²) in [5, 5.41) is 0. The second-order valence-electron chi connectivity index (χ2n) is 3.79. The van der Waals surface area contributed by atoms with E-state index in [1.54, 1.807) is 6.33 Å². The molecule has 0 radical (unpaired) electrons. The molecule has 0 fully saturated rings. The molecule has 1 aromatic carbocycles. The molecule has 6 heteroatoms. The summed E-state index contributed by atoms with van der Waals surface area (Å²) in [6.07, 6.45) is 2.32. The van der Waals surface area contributed by atoms with E-state index in [0.717, 1.165) is 11.2 Å². The van der Waals surface area contributed by atoms with E-state index in [9.17, 15) is 0 Å². The van der Waals surface area contributed by atoms with Crippen LogP contribution in [-0.4, -0.2) is 19.9 Å². The molecule has 0 amide bonds. The van der Waals surface area contributed by atoms with Gasteiger partial charge in [0.15, 0.2) is 5.65 Å². The number of nitrogens with two attached hydrogens (primary N) is 1. The summed E-state index contributed by atoms with van der Waals surface area (Å²) in [6, 6.07) is 10.1. The van der Waals surface area contributed by atoms with Crippen molar-refractivity contribution >= 4 is 29.5 Å². The van der Waals surface area contributed by atoms with E-state index in [1.807, 2.05) is 18.2 Å². The van der Waals surface area contributed by atoms with Gasteiger partial charge in [0.25, 0.3) is 0 Å². The molecule has 3 rings (SSSR count). The zero-order valence-corrected chi connectivity index (χ0v) is 10.3. The predicted octanol–water partition coefficient (Wildman–Crippen LogP) is 1.95. The van der Waals surface area contributed by atoms with Crippen LogP contribution in [0.25, 0.3) is 11.2 Å². The molecule has 0 atom stereocenters. The molecule has 0 spiro atoms. The number of hydrogen-bond acceptors (Lipinski definition) is 4. The minimum atomic E-state index is 0. The highest BCUT2D eigenvalue weighted by molar-refractivity contribution is 5.85. The number of fused-ring (bicyclic) bond motifs is 1. The van der Waals surface area contributed by atoms with Crippen LogP contribution in [0.3, 0.4) is 0 Å². The number of H-pyrrole nitrogens is 1. The lowest BCUT2D eigenvalue weighted by molar-refractivity contribution is 1.06. The SMILES string of the molecule is Cl.Nc1nc(Cc2ccccc2)c2[nH]cnc2n1. The van der Waals surface area contributed by atoms with Crippen LogP contribution in [-0.2, 0) is 6.42 Å². The standard InChI is InChI=1S/C12H11N5.ClH/c13-12-16-9(6-8-4-2-1-3-5-8)10-11(17-12)15-7-14-10;/h1-5,7H,6H2,(H3,13,14,15,16,17);1H. The van der Waals surface area contributed by atoms with Crippen LogP contribution in [0, 0.1) is 0 Å². The van der Waals surface area contributed by atoms with Gasteiger partial charge in [-0.05, 0) is 5.56 Å². The number of halogens is 1. The van der Waals surface area contributed by atoms with Gasteiger partial charge in [-0.15, -0.1) is 12.4 Å². The quantitative estimate of drug-likeness (QED) is 0.739. The zero-order chi connectivity index (χ0) is 11.7. The van der Waals surface area contributed by atoms with Crippen molar-refractivity contribution in [3.8, 4) is 0 Å². The van der Waals surface area contributed by atoms with E-state index >= 15 is 0 Å². The average Bonchev–Trinajstić information content (AvgIpc) is 2.78. The number of nitrogens with one attached hydrogen (secondary N) is 1. The minimum Gasteiger partial charge on any atom is -0.368 e. The molecule has 0 saturated heterocycles. The van der Waals surface area contributed by atoms with Crippen molar-refractivity contribution < 1.29 is 0 Å². The molecule has 3 aromatic rings. The molecule has 18 heavy (non-hydrogen) atoms. The molecule has 5 nitrogen and oxygen atoms in total. The van der Waals surface area contributed by atoms with Crippen LogP contribution in [0.15, 0.2) is 36.7 Å². The van der Waals surface area contributed by atoms with Crippen molar-refractivity contribution in [1.82, 2.24) is 19.9 Å². The second kappa shape index (κ2) is 5.01. The number of hydrogen-bond donors (Lipinski definition) is 2. The Bertz CT molecular complexity index is 650. The topological polar surface area (TPSA) is 80.5 Å². The second-order valence-corrected chi connectivity index (χ2v) is 3.79. The van der Waals surface area contributed by atoms with Crippen LogP contribution in [0.5, 0.6) is 0 Å². The predicted molar refractivity (Wildman–Crippen MR) is 72.6 cm³/mol. The summed E-state index contributed by atoms with van der Waals surface area (Å²) in [7, 11) is 0. The fourth-order valence-electron chi connectivity index (χ4n) is 1.83. The molecule has 0 bridgehead atoms. The Balaban J connectivity index is 0.00000120. The van der Waals surface area contributed by atoms with E-state index in [0.29, 0.717) is 12.1 Å². The number of nitrogen functional groups attached to an aromatic ring is 1. The molecule has 2 heterocycles. The van der Waals surface area contributed by atoms with Gasteiger partial charge in [0.2, 0.25) is 5.95 Å². The molecule has 0 aliphatic rings. The van der Waals surface area contributed by atoms with Gasteiger partial charge in [0, 0.05) is 6.42 Å². The normalized spacial score (nSPS) is 10.2. The Morgan fingerprint density at radius 1 is 1.11 bits per heavy atom. The van der Waals surface area contributed by atoms with E-state index in [1.165, 1.54) is 5.56 Å². The number of anilines is 1. The van der Waals surface area contributed by atoms with Gasteiger partial charge in [-0.1, -0.05) is 30.3 Å². The van der Waals surface area contributed by atoms with E-state index in [-0.39, 0.29) is 18.4 Å². The first-order chi connectivity index (χ1) is 8.33. The number of imidazole rings is 1. The van der Waals surface area contributed by atoms with Crippen molar-refractivity contribution in [2.24, 2.45) is 0 Å². The number of aromatic amines is 1.